The van der Waals surface area contributed by atoms with E-state index in [0.717, 1.165) is 138 Å². The molecular weight excluding hydrogens is 1080 g/mol. The van der Waals surface area contributed by atoms with Gasteiger partial charge in [-0.05, 0) is 130 Å². The van der Waals surface area contributed by atoms with E-state index in [1.807, 2.05) is 133 Å². The molecule has 17 rings (SSSR count). The number of fused-ring (bicyclic) bond motifs is 14. The summed E-state index contributed by atoms with van der Waals surface area (Å²) in [6.45, 7) is 7.85. The lowest BCUT2D eigenvalue weighted by molar-refractivity contribution is 0.672. The third-order valence-corrected chi connectivity index (χ3v) is 17.1. The highest BCUT2D eigenvalue weighted by Crippen LogP contribution is 2.46. The summed E-state index contributed by atoms with van der Waals surface area (Å²) >= 11 is 0. The van der Waals surface area contributed by atoms with Gasteiger partial charge in [0.1, 0.15) is 22.3 Å². The monoisotopic (exact) mass is 1120 g/mol. The van der Waals surface area contributed by atoms with Gasteiger partial charge in [-0.2, -0.15) is 10.5 Å². The molecule has 0 N–H and O–H groups in total. The highest BCUT2D eigenvalue weighted by molar-refractivity contribution is 6.25. The second-order valence-electron chi connectivity index (χ2n) is 21.9. The van der Waals surface area contributed by atoms with Crippen LogP contribution in [0.25, 0.3) is 171 Å². The molecule has 10 nitrogen and oxygen atoms in total. The Morgan fingerprint density at radius 1 is 0.341 bits per heavy atom. The quantitative estimate of drug-likeness (QED) is 0.139. The lowest BCUT2D eigenvalue weighted by Gasteiger charge is -2.18. The molecule has 0 spiro atoms. The maximum Gasteiger partial charge on any atom is 0.187 e. The molecule has 0 saturated carbocycles. The standard InChI is InChI=1S/C78H42N8O2/c1-81-53-21-15-19-47(41-53)46-18-14-20-50(40-46)76-82-77(62-34-32-48(54-22-4-2-16-51(54)44-79)42-68(62)85-64-28-10-6-26-60(64)72-66(85)38-36-58-56-24-8-12-30-70(56)87-74(58)72)84-78(83-76)63-35-33-49(55-23-5-3-17-52(55)45-80)43-69(63)86-65-29-11-7-27-61(65)73-67(86)39-37-59-57-25-9-13-31-71(57)88-75(59)73/h2-43H. The molecule has 0 radical (unpaired) electrons. The Hall–Kier alpha value is -12.7. The SMILES string of the molecule is [C-]#[N+]c1cccc(-c2cccc(-c3nc(-c4ccc(-c5ccccc5C#N)cc4-n4c5ccccc5c5c6oc7ccccc7c6ccc54)nc(-c4ccc(-c5ccccc5C#N)cc4-n4c5ccccc5c5c6oc7ccccc7c6ccc54)n3)c2)c1. The van der Waals surface area contributed by atoms with Crippen molar-refractivity contribution in [2.45, 2.75) is 0 Å². The van der Waals surface area contributed by atoms with Crippen LogP contribution in [-0.4, -0.2) is 24.1 Å². The molecule has 0 bridgehead atoms. The van der Waals surface area contributed by atoms with Crippen LogP contribution in [0.5, 0.6) is 0 Å². The highest BCUT2D eigenvalue weighted by atomic mass is 16.3. The van der Waals surface area contributed by atoms with E-state index in [-0.39, 0.29) is 0 Å². The largest absolute Gasteiger partial charge is 0.455 e. The first kappa shape index (κ1) is 49.9. The van der Waals surface area contributed by atoms with Crippen molar-refractivity contribution in [1.82, 2.24) is 24.1 Å². The molecule has 0 unspecified atom stereocenters. The zero-order valence-electron chi connectivity index (χ0n) is 46.6. The second kappa shape index (κ2) is 19.7. The molecular formula is C78H42N8O2. The van der Waals surface area contributed by atoms with Crippen molar-refractivity contribution in [3.05, 3.63) is 277 Å². The number of nitrogens with zero attached hydrogens (tertiary/aromatic N) is 8. The van der Waals surface area contributed by atoms with Gasteiger partial charge in [-0.15, -0.1) is 0 Å². The van der Waals surface area contributed by atoms with E-state index in [2.05, 4.69) is 141 Å². The lowest BCUT2D eigenvalue weighted by atomic mass is 9.97. The average molecular weight is 1120 g/mol. The third-order valence-electron chi connectivity index (χ3n) is 17.1. The third kappa shape index (κ3) is 7.69. The molecule has 10 heteroatoms. The van der Waals surface area contributed by atoms with Gasteiger partial charge in [-0.3, -0.25) is 0 Å². The predicted molar refractivity (Wildman–Crippen MR) is 351 cm³/mol. The van der Waals surface area contributed by atoms with E-state index >= 15 is 0 Å². The van der Waals surface area contributed by atoms with Crippen molar-refractivity contribution in [2.24, 2.45) is 0 Å². The molecule has 17 aromatic rings. The first-order valence-corrected chi connectivity index (χ1v) is 28.8. The van der Waals surface area contributed by atoms with Crippen LogP contribution in [0.1, 0.15) is 11.1 Å². The Kier molecular flexibility index (Phi) is 11.2. The van der Waals surface area contributed by atoms with Crippen LogP contribution in [0, 0.1) is 29.2 Å². The highest BCUT2D eigenvalue weighted by Gasteiger charge is 2.27. The van der Waals surface area contributed by atoms with Gasteiger partial charge in [0.25, 0.3) is 0 Å². The van der Waals surface area contributed by atoms with Gasteiger partial charge in [0.15, 0.2) is 23.2 Å². The van der Waals surface area contributed by atoms with Gasteiger partial charge in [0.05, 0.1) is 74.1 Å². The minimum atomic E-state index is 0.391. The van der Waals surface area contributed by atoms with Gasteiger partial charge < -0.3 is 18.0 Å². The summed E-state index contributed by atoms with van der Waals surface area (Å²) in [4.78, 5) is 20.5. The number of aromatic nitrogens is 5. The van der Waals surface area contributed by atoms with Gasteiger partial charge >= 0.3 is 0 Å². The van der Waals surface area contributed by atoms with Crippen molar-refractivity contribution in [3.8, 4) is 91.1 Å². The Morgan fingerprint density at radius 3 is 1.31 bits per heavy atom. The fourth-order valence-corrected chi connectivity index (χ4v) is 13.1. The van der Waals surface area contributed by atoms with E-state index in [1.165, 1.54) is 0 Å². The van der Waals surface area contributed by atoms with Gasteiger partial charge in [-0.1, -0.05) is 158 Å². The summed E-state index contributed by atoms with van der Waals surface area (Å²) in [6, 6.07) is 90.1. The molecule has 0 aliphatic heterocycles. The number of hydrogen-bond acceptors (Lipinski definition) is 7. The Labute approximate surface area is 502 Å². The van der Waals surface area contributed by atoms with Crippen molar-refractivity contribution < 1.29 is 8.83 Å². The van der Waals surface area contributed by atoms with Gasteiger partial charge in [0, 0.05) is 49.0 Å². The van der Waals surface area contributed by atoms with Crippen molar-refractivity contribution in [3.63, 3.8) is 0 Å². The average Bonchev–Trinajstić information content (AvgIpc) is 1.63. The smallest absolute Gasteiger partial charge is 0.187 e. The first-order valence-electron chi connectivity index (χ1n) is 28.8. The Bertz CT molecular complexity index is 5650. The van der Waals surface area contributed by atoms with Crippen molar-refractivity contribution in [2.75, 3.05) is 0 Å². The summed E-state index contributed by atoms with van der Waals surface area (Å²) < 4.78 is 18.1. The summed E-state index contributed by atoms with van der Waals surface area (Å²) in [5.74, 6) is 1.19. The second-order valence-corrected chi connectivity index (χ2v) is 21.9. The van der Waals surface area contributed by atoms with Crippen LogP contribution in [-0.2, 0) is 0 Å². The van der Waals surface area contributed by atoms with Crippen LogP contribution in [0.3, 0.4) is 0 Å². The number of nitriles is 2. The molecule has 0 atom stereocenters. The predicted octanol–water partition coefficient (Wildman–Crippen LogP) is 20.2. The number of hydrogen-bond donors (Lipinski definition) is 0. The topological polar surface area (TPSA) is 127 Å². The number of para-hydroxylation sites is 4. The normalized spacial score (nSPS) is 11.6. The Balaban J connectivity index is 0.981. The molecule has 0 aliphatic rings. The molecule has 5 aromatic heterocycles. The molecule has 5 heterocycles. The maximum atomic E-state index is 10.6. The zero-order valence-corrected chi connectivity index (χ0v) is 46.6. The maximum absolute atomic E-state index is 10.6. The van der Waals surface area contributed by atoms with Gasteiger partial charge in [0.2, 0.25) is 0 Å². The van der Waals surface area contributed by atoms with Gasteiger partial charge in [-0.25, -0.2) is 19.8 Å². The molecule has 0 saturated heterocycles. The fourth-order valence-electron chi connectivity index (χ4n) is 13.1. The summed E-state index contributed by atoms with van der Waals surface area (Å²) in [7, 11) is 0. The van der Waals surface area contributed by atoms with E-state index in [1.54, 1.807) is 6.07 Å². The zero-order chi connectivity index (χ0) is 58.6. The molecule has 88 heavy (non-hydrogen) atoms. The van der Waals surface area contributed by atoms with Crippen LogP contribution in [0.2, 0.25) is 0 Å². The fraction of sp³-hybridized carbons (Fsp3) is 0. The van der Waals surface area contributed by atoms with Crippen LogP contribution in [0.15, 0.2) is 264 Å². The van der Waals surface area contributed by atoms with E-state index in [0.29, 0.717) is 45.4 Å². The van der Waals surface area contributed by atoms with Crippen molar-refractivity contribution in [1.29, 1.82) is 10.5 Å². The first-order chi connectivity index (χ1) is 43.5. The molecule has 406 valence electrons. The molecule has 0 aliphatic carbocycles. The van der Waals surface area contributed by atoms with Crippen LogP contribution in [0.4, 0.5) is 5.69 Å². The minimum Gasteiger partial charge on any atom is -0.455 e. The van der Waals surface area contributed by atoms with Crippen LogP contribution >= 0.6 is 0 Å². The number of furan rings is 2. The van der Waals surface area contributed by atoms with Crippen molar-refractivity contribution >= 4 is 93.2 Å². The minimum absolute atomic E-state index is 0.391. The van der Waals surface area contributed by atoms with Crippen LogP contribution < -0.4 is 0 Å². The van der Waals surface area contributed by atoms with E-state index in [9.17, 15) is 10.5 Å². The molecule has 12 aromatic carbocycles. The Morgan fingerprint density at radius 2 is 0.784 bits per heavy atom. The molecule has 0 fully saturated rings. The number of rotatable bonds is 8. The summed E-state index contributed by atoms with van der Waals surface area (Å²) in [5.41, 5.74) is 17.1. The molecule has 0 amide bonds. The number of benzene rings is 12. The summed E-state index contributed by atoms with van der Waals surface area (Å²) in [6.07, 6.45) is 0. The summed E-state index contributed by atoms with van der Waals surface area (Å²) in [5, 5.41) is 29.2. The lowest BCUT2D eigenvalue weighted by Crippen LogP contribution is -2.06. The van der Waals surface area contributed by atoms with E-state index < -0.39 is 0 Å². The van der Waals surface area contributed by atoms with E-state index in [4.69, 9.17) is 30.4 Å².